The summed E-state index contributed by atoms with van der Waals surface area (Å²) in [7, 11) is 0. The molecule has 0 atom stereocenters. The van der Waals surface area contributed by atoms with Crippen molar-refractivity contribution in [3.05, 3.63) is 47.8 Å². The van der Waals surface area contributed by atoms with Gasteiger partial charge in [-0.1, -0.05) is 37.3 Å². The van der Waals surface area contributed by atoms with Gasteiger partial charge < -0.3 is 0 Å². The van der Waals surface area contributed by atoms with Gasteiger partial charge >= 0.3 is 0 Å². The van der Waals surface area contributed by atoms with Gasteiger partial charge in [0.25, 0.3) is 0 Å². The molecule has 2 aromatic carbocycles. The maximum atomic E-state index is 4.80. The van der Waals surface area contributed by atoms with Crippen LogP contribution in [0.15, 0.2) is 36.4 Å². The Kier molecular flexibility index (Phi) is 1.77. The largest absolute Gasteiger partial charge is 0.295 e. The lowest BCUT2D eigenvalue weighted by atomic mass is 10.1. The number of imidazole rings is 1. The molecule has 0 aliphatic heterocycles. The van der Waals surface area contributed by atoms with Crippen molar-refractivity contribution in [3.8, 4) is 0 Å². The number of benzene rings is 2. The van der Waals surface area contributed by atoms with Crippen LogP contribution in [0.25, 0.3) is 27.3 Å². The lowest BCUT2D eigenvalue weighted by Crippen LogP contribution is -1.89. The fourth-order valence-corrected chi connectivity index (χ4v) is 2.97. The molecular formula is C16H14N2. The number of nitrogens with zero attached hydrogens (tertiary/aromatic N) is 2. The third-order valence-corrected chi connectivity index (χ3v) is 3.83. The first-order valence-corrected chi connectivity index (χ1v) is 6.42. The van der Waals surface area contributed by atoms with Gasteiger partial charge in [-0.15, -0.1) is 0 Å². The first-order chi connectivity index (χ1) is 8.81. The molecule has 0 spiro atoms. The van der Waals surface area contributed by atoms with Gasteiger partial charge in [-0.2, -0.15) is 0 Å². The molecule has 0 amide bonds. The van der Waals surface area contributed by atoms with Crippen LogP contribution in [-0.4, -0.2) is 9.38 Å². The van der Waals surface area contributed by atoms with E-state index in [4.69, 9.17) is 4.98 Å². The van der Waals surface area contributed by atoms with Crippen LogP contribution in [-0.2, 0) is 6.42 Å². The predicted molar refractivity (Wildman–Crippen MR) is 75.5 cm³/mol. The number of aromatic nitrogens is 2. The molecule has 88 valence electrons. The SMILES string of the molecule is CCc1nc2c(C)ccc3c4ccccc4n1c23. The number of aryl methyl sites for hydroxylation is 2. The lowest BCUT2D eigenvalue weighted by molar-refractivity contribution is 0.960. The fraction of sp³-hybridized carbons (Fsp3) is 0.188. The highest BCUT2D eigenvalue weighted by Gasteiger charge is 2.17. The average Bonchev–Trinajstić information content (AvgIpc) is 2.93. The van der Waals surface area contributed by atoms with Crippen molar-refractivity contribution in [1.82, 2.24) is 9.38 Å². The minimum absolute atomic E-state index is 0.960. The van der Waals surface area contributed by atoms with Crippen molar-refractivity contribution in [2.24, 2.45) is 0 Å². The zero-order valence-corrected chi connectivity index (χ0v) is 10.6. The predicted octanol–water partition coefficient (Wildman–Crippen LogP) is 3.95. The molecule has 0 N–H and O–H groups in total. The average molecular weight is 234 g/mol. The smallest absolute Gasteiger partial charge is 0.114 e. The second kappa shape index (κ2) is 3.22. The van der Waals surface area contributed by atoms with Crippen LogP contribution >= 0.6 is 0 Å². The highest BCUT2D eigenvalue weighted by molar-refractivity contribution is 6.14. The molecule has 18 heavy (non-hydrogen) atoms. The molecule has 0 saturated carbocycles. The minimum Gasteiger partial charge on any atom is -0.295 e. The maximum absolute atomic E-state index is 4.80. The van der Waals surface area contributed by atoms with Crippen LogP contribution in [0.1, 0.15) is 18.3 Å². The molecule has 0 aliphatic carbocycles. The second-order valence-corrected chi connectivity index (χ2v) is 4.86. The summed E-state index contributed by atoms with van der Waals surface area (Å²) in [4.78, 5) is 4.80. The van der Waals surface area contributed by atoms with E-state index >= 15 is 0 Å². The molecule has 0 bridgehead atoms. The van der Waals surface area contributed by atoms with E-state index in [1.807, 2.05) is 0 Å². The second-order valence-electron chi connectivity index (χ2n) is 4.86. The molecule has 4 rings (SSSR count). The van der Waals surface area contributed by atoms with E-state index in [1.54, 1.807) is 0 Å². The minimum atomic E-state index is 0.960. The van der Waals surface area contributed by atoms with Crippen molar-refractivity contribution in [2.45, 2.75) is 20.3 Å². The third-order valence-electron chi connectivity index (χ3n) is 3.83. The van der Waals surface area contributed by atoms with Crippen LogP contribution < -0.4 is 0 Å². The Morgan fingerprint density at radius 2 is 1.89 bits per heavy atom. The molecule has 0 fully saturated rings. The number of fused-ring (bicyclic) bond motifs is 3. The summed E-state index contributed by atoms with van der Waals surface area (Å²) in [5.74, 6) is 1.16. The first-order valence-electron chi connectivity index (χ1n) is 6.42. The van der Waals surface area contributed by atoms with E-state index in [9.17, 15) is 0 Å². The molecule has 0 radical (unpaired) electrons. The van der Waals surface area contributed by atoms with Crippen LogP contribution in [0.5, 0.6) is 0 Å². The standard InChI is InChI=1S/C16H14N2/c1-3-14-17-15-10(2)8-9-12-11-6-4-5-7-13(11)18(14)16(12)15/h4-9H,3H2,1-2H3. The summed E-state index contributed by atoms with van der Waals surface area (Å²) in [6, 6.07) is 13.0. The van der Waals surface area contributed by atoms with Gasteiger partial charge in [0.05, 0.1) is 16.6 Å². The van der Waals surface area contributed by atoms with E-state index in [0.717, 1.165) is 17.8 Å². The summed E-state index contributed by atoms with van der Waals surface area (Å²) in [5, 5.41) is 2.65. The van der Waals surface area contributed by atoms with E-state index in [-0.39, 0.29) is 0 Å². The molecule has 2 heterocycles. The van der Waals surface area contributed by atoms with Crippen molar-refractivity contribution in [1.29, 1.82) is 0 Å². The Balaban J connectivity index is 2.43. The number of rotatable bonds is 1. The van der Waals surface area contributed by atoms with Crippen molar-refractivity contribution < 1.29 is 0 Å². The summed E-state index contributed by atoms with van der Waals surface area (Å²) in [6.07, 6.45) is 0.960. The zero-order valence-electron chi connectivity index (χ0n) is 10.6. The molecule has 4 aromatic rings. The maximum Gasteiger partial charge on any atom is 0.114 e. The van der Waals surface area contributed by atoms with E-state index < -0.39 is 0 Å². The first kappa shape index (κ1) is 9.89. The Bertz CT molecular complexity index is 871. The number of hydrogen-bond donors (Lipinski definition) is 0. The summed E-state index contributed by atoms with van der Waals surface area (Å²) in [5.41, 5.74) is 4.97. The molecular weight excluding hydrogens is 220 g/mol. The molecule has 2 heteroatoms. The third kappa shape index (κ3) is 1.01. The van der Waals surface area contributed by atoms with Gasteiger partial charge in [-0.25, -0.2) is 4.98 Å². The number of hydrogen-bond acceptors (Lipinski definition) is 1. The summed E-state index contributed by atoms with van der Waals surface area (Å²) in [6.45, 7) is 4.31. The lowest BCUT2D eigenvalue weighted by Gasteiger charge is -1.96. The van der Waals surface area contributed by atoms with Crippen LogP contribution in [0, 0.1) is 6.92 Å². The topological polar surface area (TPSA) is 17.3 Å². The van der Waals surface area contributed by atoms with Gasteiger partial charge in [-0.05, 0) is 18.6 Å². The Morgan fingerprint density at radius 3 is 2.72 bits per heavy atom. The van der Waals surface area contributed by atoms with Crippen LogP contribution in [0.2, 0.25) is 0 Å². The van der Waals surface area contributed by atoms with Crippen molar-refractivity contribution in [2.75, 3.05) is 0 Å². The van der Waals surface area contributed by atoms with Gasteiger partial charge in [-0.3, -0.25) is 4.40 Å². The highest BCUT2D eigenvalue weighted by atomic mass is 15.0. The quantitative estimate of drug-likeness (QED) is 0.487. The molecule has 0 aliphatic rings. The van der Waals surface area contributed by atoms with E-state index in [2.05, 4.69) is 54.6 Å². The fourth-order valence-electron chi connectivity index (χ4n) is 2.97. The zero-order chi connectivity index (χ0) is 12.3. The van der Waals surface area contributed by atoms with Gasteiger partial charge in [0.1, 0.15) is 5.82 Å². The highest BCUT2D eigenvalue weighted by Crippen LogP contribution is 2.34. The number of para-hydroxylation sites is 1. The van der Waals surface area contributed by atoms with Crippen LogP contribution in [0.3, 0.4) is 0 Å². The van der Waals surface area contributed by atoms with Gasteiger partial charge in [0.2, 0.25) is 0 Å². The van der Waals surface area contributed by atoms with E-state index in [0.29, 0.717) is 0 Å². The normalized spacial score (nSPS) is 12.1. The Morgan fingerprint density at radius 1 is 1.06 bits per heavy atom. The summed E-state index contributed by atoms with van der Waals surface area (Å²) < 4.78 is 2.33. The Labute approximate surface area is 105 Å². The van der Waals surface area contributed by atoms with Crippen molar-refractivity contribution in [3.63, 3.8) is 0 Å². The van der Waals surface area contributed by atoms with E-state index in [1.165, 1.54) is 27.4 Å². The monoisotopic (exact) mass is 234 g/mol. The molecule has 2 nitrogen and oxygen atoms in total. The Hall–Kier alpha value is -2.09. The van der Waals surface area contributed by atoms with Crippen LogP contribution in [0.4, 0.5) is 0 Å². The molecule has 0 saturated heterocycles. The van der Waals surface area contributed by atoms with Gasteiger partial charge in [0, 0.05) is 17.2 Å². The van der Waals surface area contributed by atoms with Gasteiger partial charge in [0.15, 0.2) is 0 Å². The van der Waals surface area contributed by atoms with Crippen molar-refractivity contribution >= 4 is 27.3 Å². The molecule has 2 aromatic heterocycles. The molecule has 0 unspecified atom stereocenters. The summed E-state index contributed by atoms with van der Waals surface area (Å²) >= 11 is 0.